The van der Waals surface area contributed by atoms with Gasteiger partial charge in [-0.3, -0.25) is 14.4 Å². The van der Waals surface area contributed by atoms with E-state index in [0.29, 0.717) is 5.75 Å². The number of amides is 3. The zero-order chi connectivity index (χ0) is 19.1. The number of hydrogen-bond acceptors (Lipinski definition) is 6. The van der Waals surface area contributed by atoms with Crippen molar-refractivity contribution in [3.05, 3.63) is 29.8 Å². The Morgan fingerprint density at radius 1 is 1.15 bits per heavy atom. The molecule has 2 rings (SSSR count). The third kappa shape index (κ3) is 6.42. The number of rotatable bonds is 9. The Hall–Kier alpha value is -3.10. The molecular weight excluding hydrogens is 342 g/mol. The van der Waals surface area contributed by atoms with Crippen molar-refractivity contribution < 1.29 is 28.7 Å². The Kier molecular flexibility index (Phi) is 6.54. The Bertz CT molecular complexity index is 684. The molecule has 0 aromatic heterocycles. The fourth-order valence-corrected chi connectivity index (χ4v) is 1.97. The molecule has 1 fully saturated rings. The molecule has 9 nitrogen and oxygen atoms in total. The van der Waals surface area contributed by atoms with E-state index in [0.717, 1.165) is 12.8 Å². The van der Waals surface area contributed by atoms with Crippen molar-refractivity contribution >= 4 is 23.7 Å². The number of carbonyl (C=O) groups is 4. The van der Waals surface area contributed by atoms with Gasteiger partial charge in [-0.2, -0.15) is 0 Å². The van der Waals surface area contributed by atoms with Crippen LogP contribution in [0.1, 0.15) is 23.2 Å². The summed E-state index contributed by atoms with van der Waals surface area (Å²) in [4.78, 5) is 47.3. The van der Waals surface area contributed by atoms with E-state index in [2.05, 4.69) is 5.32 Å². The van der Waals surface area contributed by atoms with Crippen LogP contribution in [0.3, 0.4) is 0 Å². The molecule has 3 N–H and O–H groups in total. The summed E-state index contributed by atoms with van der Waals surface area (Å²) < 4.78 is 10.0. The molecule has 3 amide bonds. The highest BCUT2D eigenvalue weighted by molar-refractivity contribution is 5.92. The summed E-state index contributed by atoms with van der Waals surface area (Å²) in [6, 6.07) is 6.07. The van der Waals surface area contributed by atoms with Crippen LogP contribution in [0.15, 0.2) is 24.3 Å². The number of nitrogens with one attached hydrogen (secondary N) is 1. The van der Waals surface area contributed by atoms with Crippen LogP contribution in [-0.4, -0.2) is 61.4 Å². The highest BCUT2D eigenvalue weighted by atomic mass is 16.5. The van der Waals surface area contributed by atoms with E-state index >= 15 is 0 Å². The quantitative estimate of drug-likeness (QED) is 0.566. The minimum absolute atomic E-state index is 0.0845. The van der Waals surface area contributed by atoms with E-state index in [1.165, 1.54) is 36.2 Å². The average molecular weight is 363 g/mol. The van der Waals surface area contributed by atoms with Crippen LogP contribution < -0.4 is 15.8 Å². The zero-order valence-corrected chi connectivity index (χ0v) is 14.4. The molecule has 0 unspecified atom stereocenters. The van der Waals surface area contributed by atoms with Crippen molar-refractivity contribution in [2.75, 3.05) is 26.8 Å². The Morgan fingerprint density at radius 3 is 2.38 bits per heavy atom. The second-order valence-corrected chi connectivity index (χ2v) is 5.95. The summed E-state index contributed by atoms with van der Waals surface area (Å²) in [5, 5.41) is 2.77. The number of hydrogen-bond donors (Lipinski definition) is 2. The standard InChI is InChI=1S/C17H21N3O6/c1-20(8-15(22)19-12-4-5-12)16(23)10-26-17(24)11-2-6-13(7-3-11)25-9-14(18)21/h2-3,6-7,12H,4-5,8-10H2,1H3,(H2,18,21)(H,19,22). The molecular formula is C17H21N3O6. The largest absolute Gasteiger partial charge is 0.484 e. The maximum Gasteiger partial charge on any atom is 0.338 e. The van der Waals surface area contributed by atoms with Gasteiger partial charge in [0, 0.05) is 13.1 Å². The fourth-order valence-electron chi connectivity index (χ4n) is 1.97. The molecule has 1 saturated carbocycles. The van der Waals surface area contributed by atoms with Crippen molar-refractivity contribution in [1.82, 2.24) is 10.2 Å². The topological polar surface area (TPSA) is 128 Å². The molecule has 140 valence electrons. The Morgan fingerprint density at radius 2 is 1.81 bits per heavy atom. The van der Waals surface area contributed by atoms with Crippen molar-refractivity contribution in [3.63, 3.8) is 0 Å². The number of primary amides is 1. The molecule has 26 heavy (non-hydrogen) atoms. The SMILES string of the molecule is CN(CC(=O)NC1CC1)C(=O)COC(=O)c1ccc(OCC(N)=O)cc1. The first kappa shape index (κ1) is 19.2. The van der Waals surface area contributed by atoms with Gasteiger partial charge in [0.15, 0.2) is 13.2 Å². The van der Waals surface area contributed by atoms with Crippen molar-refractivity contribution in [1.29, 1.82) is 0 Å². The van der Waals surface area contributed by atoms with Crippen LogP contribution in [-0.2, 0) is 19.1 Å². The summed E-state index contributed by atoms with van der Waals surface area (Å²) in [5.74, 6) is -1.64. The first-order valence-electron chi connectivity index (χ1n) is 8.07. The van der Waals surface area contributed by atoms with Crippen LogP contribution in [0.4, 0.5) is 0 Å². The molecule has 0 heterocycles. The van der Waals surface area contributed by atoms with Crippen LogP contribution in [0.25, 0.3) is 0 Å². The molecule has 1 aliphatic rings. The minimum Gasteiger partial charge on any atom is -0.484 e. The smallest absolute Gasteiger partial charge is 0.338 e. The van der Waals surface area contributed by atoms with E-state index in [9.17, 15) is 19.2 Å². The number of carbonyl (C=O) groups excluding carboxylic acids is 4. The summed E-state index contributed by atoms with van der Waals surface area (Å²) >= 11 is 0. The van der Waals surface area contributed by atoms with Crippen LogP contribution in [0.5, 0.6) is 5.75 Å². The molecule has 9 heteroatoms. The van der Waals surface area contributed by atoms with Crippen LogP contribution in [0.2, 0.25) is 0 Å². The third-order valence-electron chi connectivity index (χ3n) is 3.55. The van der Waals surface area contributed by atoms with Crippen LogP contribution >= 0.6 is 0 Å². The molecule has 1 aliphatic carbocycles. The van der Waals surface area contributed by atoms with Gasteiger partial charge in [-0.1, -0.05) is 0 Å². The molecule has 0 aliphatic heterocycles. The van der Waals surface area contributed by atoms with Crippen molar-refractivity contribution in [3.8, 4) is 5.75 Å². The van der Waals surface area contributed by atoms with Crippen molar-refractivity contribution in [2.45, 2.75) is 18.9 Å². The molecule has 0 atom stereocenters. The lowest BCUT2D eigenvalue weighted by molar-refractivity contribution is -0.137. The average Bonchev–Trinajstić information content (AvgIpc) is 3.41. The molecule has 0 spiro atoms. The minimum atomic E-state index is -0.685. The fraction of sp³-hybridized carbons (Fsp3) is 0.412. The monoisotopic (exact) mass is 363 g/mol. The van der Waals surface area contributed by atoms with Gasteiger partial charge >= 0.3 is 5.97 Å². The lowest BCUT2D eigenvalue weighted by Crippen LogP contribution is -2.40. The number of nitrogens with two attached hydrogens (primary N) is 1. The number of esters is 1. The van der Waals surface area contributed by atoms with Gasteiger partial charge in [-0.25, -0.2) is 4.79 Å². The Labute approximate surface area is 150 Å². The van der Waals surface area contributed by atoms with E-state index in [4.69, 9.17) is 15.2 Å². The number of nitrogens with zero attached hydrogens (tertiary/aromatic N) is 1. The molecule has 1 aromatic rings. The summed E-state index contributed by atoms with van der Waals surface area (Å²) in [6.07, 6.45) is 1.93. The summed E-state index contributed by atoms with van der Waals surface area (Å²) in [7, 11) is 1.47. The number of ether oxygens (including phenoxy) is 2. The van der Waals surface area contributed by atoms with E-state index in [1.54, 1.807) is 0 Å². The third-order valence-corrected chi connectivity index (χ3v) is 3.55. The molecule has 0 bridgehead atoms. The number of benzene rings is 1. The Balaban J connectivity index is 1.74. The van der Waals surface area contributed by atoms with Gasteiger partial charge in [0.05, 0.1) is 12.1 Å². The maximum atomic E-state index is 11.9. The first-order chi connectivity index (χ1) is 12.3. The van der Waals surface area contributed by atoms with Gasteiger partial charge in [0.1, 0.15) is 5.75 Å². The second kappa shape index (κ2) is 8.84. The predicted molar refractivity (Wildman–Crippen MR) is 90.2 cm³/mol. The van der Waals surface area contributed by atoms with E-state index in [-0.39, 0.29) is 30.7 Å². The highest BCUT2D eigenvalue weighted by Gasteiger charge is 2.24. The first-order valence-corrected chi connectivity index (χ1v) is 8.07. The van der Waals surface area contributed by atoms with Crippen LogP contribution in [0, 0.1) is 0 Å². The predicted octanol–water partition coefficient (Wildman–Crippen LogP) is -0.555. The summed E-state index contributed by atoms with van der Waals surface area (Å²) in [6.45, 7) is -0.816. The van der Waals surface area contributed by atoms with E-state index < -0.39 is 24.4 Å². The summed E-state index contributed by atoms with van der Waals surface area (Å²) in [5.41, 5.74) is 5.19. The molecule has 0 radical (unpaired) electrons. The van der Waals surface area contributed by atoms with E-state index in [1.807, 2.05) is 0 Å². The molecule has 0 saturated heterocycles. The normalized spacial score (nSPS) is 12.8. The lowest BCUT2D eigenvalue weighted by Gasteiger charge is -2.16. The maximum absolute atomic E-state index is 11.9. The van der Waals surface area contributed by atoms with Gasteiger partial charge < -0.3 is 25.4 Å². The highest BCUT2D eigenvalue weighted by Crippen LogP contribution is 2.18. The van der Waals surface area contributed by atoms with Gasteiger partial charge in [0.2, 0.25) is 5.91 Å². The second-order valence-electron chi connectivity index (χ2n) is 5.95. The van der Waals surface area contributed by atoms with Gasteiger partial charge in [0.25, 0.3) is 11.8 Å². The van der Waals surface area contributed by atoms with Gasteiger partial charge in [-0.15, -0.1) is 0 Å². The van der Waals surface area contributed by atoms with Crippen molar-refractivity contribution in [2.24, 2.45) is 5.73 Å². The molecule has 1 aromatic carbocycles. The lowest BCUT2D eigenvalue weighted by atomic mass is 10.2. The zero-order valence-electron chi connectivity index (χ0n) is 14.4. The van der Waals surface area contributed by atoms with Gasteiger partial charge in [-0.05, 0) is 37.1 Å². The number of likely N-dealkylation sites (N-methyl/N-ethyl adjacent to an activating group) is 1.